The molecule has 0 aliphatic rings. The number of anilines is 2. The predicted octanol–water partition coefficient (Wildman–Crippen LogP) is -0.0304. The molecule has 0 saturated heterocycles. The number of sulfonamides is 1. The molecule has 0 fully saturated rings. The average Bonchev–Trinajstić information content (AvgIpc) is 2.27. The van der Waals surface area contributed by atoms with E-state index in [1.165, 1.54) is 25.2 Å². The number of hydrogen-bond donors (Lipinski definition) is 4. The van der Waals surface area contributed by atoms with Crippen molar-refractivity contribution in [2.24, 2.45) is 0 Å². The normalized spacial score (nSPS) is 13.4. The van der Waals surface area contributed by atoms with Crippen molar-refractivity contribution < 1.29 is 13.5 Å². The summed E-state index contributed by atoms with van der Waals surface area (Å²) in [5.74, 6) is 0. The number of benzene rings is 1. The third-order valence-corrected chi connectivity index (χ3v) is 3.60. The zero-order valence-electron chi connectivity index (χ0n) is 9.77. The first-order valence-electron chi connectivity index (χ1n) is 5.12. The van der Waals surface area contributed by atoms with E-state index in [2.05, 4.69) is 10.0 Å². The fourth-order valence-electron chi connectivity index (χ4n) is 1.23. The summed E-state index contributed by atoms with van der Waals surface area (Å²) in [6.45, 7) is 1.92. The minimum Gasteiger partial charge on any atom is -0.397 e. The molecule has 0 bridgehead atoms. The quantitative estimate of drug-likeness (QED) is 0.556. The molecule has 0 aliphatic carbocycles. The van der Waals surface area contributed by atoms with Gasteiger partial charge in [0, 0.05) is 6.54 Å². The van der Waals surface area contributed by atoms with E-state index in [0.717, 1.165) is 0 Å². The van der Waals surface area contributed by atoms with Crippen molar-refractivity contribution in [3.8, 4) is 0 Å². The van der Waals surface area contributed by atoms with Crippen molar-refractivity contribution in [3.05, 3.63) is 18.2 Å². The van der Waals surface area contributed by atoms with Crippen LogP contribution in [0.25, 0.3) is 0 Å². The van der Waals surface area contributed by atoms with Crippen LogP contribution in [0.15, 0.2) is 23.1 Å². The summed E-state index contributed by atoms with van der Waals surface area (Å²) in [4.78, 5) is 0.127. The predicted molar refractivity (Wildman–Crippen MR) is 67.3 cm³/mol. The van der Waals surface area contributed by atoms with Gasteiger partial charge < -0.3 is 16.2 Å². The monoisotopic (exact) mass is 259 g/mol. The Kier molecular flexibility index (Phi) is 4.33. The smallest absolute Gasteiger partial charge is 0.240 e. The highest BCUT2D eigenvalue weighted by atomic mass is 32.2. The van der Waals surface area contributed by atoms with E-state index in [-0.39, 0.29) is 4.90 Å². The first-order chi connectivity index (χ1) is 7.86. The van der Waals surface area contributed by atoms with Crippen LogP contribution in [0.2, 0.25) is 0 Å². The number of nitrogen functional groups attached to an aromatic ring is 1. The van der Waals surface area contributed by atoms with Gasteiger partial charge in [-0.05, 0) is 32.2 Å². The standard InChI is InChI=1S/C10H17N3O3S/c1-7(14)6-13-10-5-8(3-4-9(10)11)17(15,16)12-2/h3-5,7,12-14H,6,11H2,1-2H3. The molecule has 0 aliphatic heterocycles. The summed E-state index contributed by atoms with van der Waals surface area (Å²) in [6, 6.07) is 4.37. The van der Waals surface area contributed by atoms with Gasteiger partial charge in [0.15, 0.2) is 0 Å². The zero-order chi connectivity index (χ0) is 13.1. The van der Waals surface area contributed by atoms with Crippen molar-refractivity contribution in [2.45, 2.75) is 17.9 Å². The van der Waals surface area contributed by atoms with Crippen LogP contribution in [0.3, 0.4) is 0 Å². The molecule has 1 aromatic rings. The molecule has 0 heterocycles. The highest BCUT2D eigenvalue weighted by Crippen LogP contribution is 2.22. The molecule has 96 valence electrons. The van der Waals surface area contributed by atoms with E-state index < -0.39 is 16.1 Å². The Labute approximate surface area is 101 Å². The van der Waals surface area contributed by atoms with Gasteiger partial charge in [-0.1, -0.05) is 0 Å². The van der Waals surface area contributed by atoms with Gasteiger partial charge in [0.2, 0.25) is 10.0 Å². The van der Waals surface area contributed by atoms with E-state index in [1.807, 2.05) is 0 Å². The Hall–Kier alpha value is -1.31. The third-order valence-electron chi connectivity index (χ3n) is 2.19. The molecule has 5 N–H and O–H groups in total. The van der Waals surface area contributed by atoms with Crippen molar-refractivity contribution >= 4 is 21.4 Å². The van der Waals surface area contributed by atoms with Gasteiger partial charge in [0.05, 0.1) is 22.4 Å². The first kappa shape index (κ1) is 13.8. The van der Waals surface area contributed by atoms with Gasteiger partial charge in [0.1, 0.15) is 0 Å². The topological polar surface area (TPSA) is 104 Å². The minimum absolute atomic E-state index is 0.127. The summed E-state index contributed by atoms with van der Waals surface area (Å²) >= 11 is 0. The summed E-state index contributed by atoms with van der Waals surface area (Å²) in [5.41, 5.74) is 6.62. The molecule has 0 aromatic heterocycles. The summed E-state index contributed by atoms with van der Waals surface area (Å²) in [5, 5.41) is 12.0. The van der Waals surface area contributed by atoms with Crippen LogP contribution < -0.4 is 15.8 Å². The van der Waals surface area contributed by atoms with Crippen LogP contribution in [0.4, 0.5) is 11.4 Å². The second-order valence-electron chi connectivity index (χ2n) is 3.69. The lowest BCUT2D eigenvalue weighted by molar-refractivity contribution is 0.208. The Bertz CT molecular complexity index is 486. The van der Waals surface area contributed by atoms with E-state index in [0.29, 0.717) is 17.9 Å². The van der Waals surface area contributed by atoms with Crippen molar-refractivity contribution in [1.29, 1.82) is 0 Å². The van der Waals surface area contributed by atoms with Gasteiger partial charge in [0.25, 0.3) is 0 Å². The Morgan fingerprint density at radius 2 is 2.12 bits per heavy atom. The highest BCUT2D eigenvalue weighted by Gasteiger charge is 2.13. The molecule has 0 saturated carbocycles. The number of aliphatic hydroxyl groups is 1. The molecular formula is C10H17N3O3S. The zero-order valence-corrected chi connectivity index (χ0v) is 10.6. The summed E-state index contributed by atoms with van der Waals surface area (Å²) < 4.78 is 25.4. The van der Waals surface area contributed by atoms with Crippen LogP contribution in [0, 0.1) is 0 Å². The highest BCUT2D eigenvalue weighted by molar-refractivity contribution is 7.89. The van der Waals surface area contributed by atoms with E-state index in [4.69, 9.17) is 10.8 Å². The lowest BCUT2D eigenvalue weighted by atomic mass is 10.2. The maximum absolute atomic E-state index is 11.6. The van der Waals surface area contributed by atoms with E-state index in [9.17, 15) is 8.42 Å². The van der Waals surface area contributed by atoms with Crippen molar-refractivity contribution in [1.82, 2.24) is 4.72 Å². The molecule has 0 spiro atoms. The number of nitrogens with two attached hydrogens (primary N) is 1. The number of aliphatic hydroxyl groups excluding tert-OH is 1. The van der Waals surface area contributed by atoms with Gasteiger partial charge in [-0.3, -0.25) is 0 Å². The van der Waals surface area contributed by atoms with Crippen LogP contribution >= 0.6 is 0 Å². The van der Waals surface area contributed by atoms with Crippen LogP contribution in [-0.4, -0.2) is 33.2 Å². The molecular weight excluding hydrogens is 242 g/mol. The maximum Gasteiger partial charge on any atom is 0.240 e. The molecule has 1 unspecified atom stereocenters. The molecule has 7 heteroatoms. The summed E-state index contributed by atoms with van der Waals surface area (Å²) in [6.07, 6.45) is -0.543. The molecule has 0 amide bonds. The van der Waals surface area contributed by atoms with Crippen LogP contribution in [0.1, 0.15) is 6.92 Å². The summed E-state index contributed by atoms with van der Waals surface area (Å²) in [7, 11) is -2.14. The Morgan fingerprint density at radius 3 is 2.65 bits per heavy atom. The first-order valence-corrected chi connectivity index (χ1v) is 6.60. The minimum atomic E-state index is -3.48. The van der Waals surface area contributed by atoms with Gasteiger partial charge in [-0.2, -0.15) is 0 Å². The largest absolute Gasteiger partial charge is 0.397 e. The Balaban J connectivity index is 3.03. The molecule has 1 atom stereocenters. The van der Waals surface area contributed by atoms with Crippen molar-refractivity contribution in [2.75, 3.05) is 24.6 Å². The molecule has 6 nitrogen and oxygen atoms in total. The average molecular weight is 259 g/mol. The molecule has 17 heavy (non-hydrogen) atoms. The lowest BCUT2D eigenvalue weighted by Crippen LogP contribution is -2.20. The molecule has 0 radical (unpaired) electrons. The third kappa shape index (κ3) is 3.58. The second kappa shape index (κ2) is 5.35. The van der Waals surface area contributed by atoms with E-state index in [1.54, 1.807) is 6.92 Å². The number of nitrogens with one attached hydrogen (secondary N) is 2. The van der Waals surface area contributed by atoms with E-state index >= 15 is 0 Å². The molecule has 1 aromatic carbocycles. The van der Waals surface area contributed by atoms with Gasteiger partial charge >= 0.3 is 0 Å². The maximum atomic E-state index is 11.6. The number of rotatable bonds is 5. The second-order valence-corrected chi connectivity index (χ2v) is 5.57. The number of hydrogen-bond acceptors (Lipinski definition) is 5. The fourth-order valence-corrected chi connectivity index (χ4v) is 1.99. The fraction of sp³-hybridized carbons (Fsp3) is 0.400. The SMILES string of the molecule is CNS(=O)(=O)c1ccc(N)c(NCC(C)O)c1. The Morgan fingerprint density at radius 1 is 1.47 bits per heavy atom. The van der Waals surface area contributed by atoms with Crippen molar-refractivity contribution in [3.63, 3.8) is 0 Å². The van der Waals surface area contributed by atoms with Crippen LogP contribution in [0.5, 0.6) is 0 Å². The lowest BCUT2D eigenvalue weighted by Gasteiger charge is -2.12. The van der Waals surface area contributed by atoms with Gasteiger partial charge in [-0.25, -0.2) is 13.1 Å². The van der Waals surface area contributed by atoms with Gasteiger partial charge in [-0.15, -0.1) is 0 Å². The molecule has 1 rings (SSSR count). The van der Waals surface area contributed by atoms with Crippen LogP contribution in [-0.2, 0) is 10.0 Å².